The van der Waals surface area contributed by atoms with Crippen molar-refractivity contribution in [2.24, 2.45) is 0 Å². The van der Waals surface area contributed by atoms with Gasteiger partial charge in [-0.3, -0.25) is 5.32 Å². The predicted molar refractivity (Wildman–Crippen MR) is 80.0 cm³/mol. The topological polar surface area (TPSA) is 54.3 Å². The van der Waals surface area contributed by atoms with Gasteiger partial charge in [-0.05, 0) is 51.6 Å². The lowest BCUT2D eigenvalue weighted by Gasteiger charge is -2.26. The summed E-state index contributed by atoms with van der Waals surface area (Å²) < 4.78 is 11.2. The summed E-state index contributed by atoms with van der Waals surface area (Å²) in [6.07, 6.45) is 0.585. The molecule has 0 heterocycles. The Hall–Kier alpha value is -1.73. The number of nitrogens with one attached hydrogen (secondary N) is 1. The molecule has 0 amide bonds. The van der Waals surface area contributed by atoms with E-state index in [-0.39, 0.29) is 6.10 Å². The standard InChI is InChI=1S/C16H24N2O2/c1-5-18-16(4,12-17)11-13(3)20-15-9-7-14(8-10-15)19-6-2/h7-10,13,18H,5-6,11H2,1-4H3. The van der Waals surface area contributed by atoms with E-state index in [0.29, 0.717) is 13.0 Å². The van der Waals surface area contributed by atoms with Gasteiger partial charge in [0.1, 0.15) is 17.0 Å². The van der Waals surface area contributed by atoms with Gasteiger partial charge in [0.15, 0.2) is 0 Å². The minimum absolute atomic E-state index is 0.0448. The zero-order chi connectivity index (χ0) is 15.0. The maximum absolute atomic E-state index is 9.24. The Kier molecular flexibility index (Phi) is 6.33. The lowest BCUT2D eigenvalue weighted by atomic mass is 9.96. The fraction of sp³-hybridized carbons (Fsp3) is 0.562. The average molecular weight is 276 g/mol. The molecule has 1 aromatic carbocycles. The van der Waals surface area contributed by atoms with Gasteiger partial charge in [-0.25, -0.2) is 0 Å². The number of nitrogens with zero attached hydrogens (tertiary/aromatic N) is 1. The van der Waals surface area contributed by atoms with Crippen molar-refractivity contribution < 1.29 is 9.47 Å². The largest absolute Gasteiger partial charge is 0.494 e. The molecule has 1 rings (SSSR count). The van der Waals surface area contributed by atoms with Gasteiger partial charge in [0.05, 0.1) is 18.8 Å². The van der Waals surface area contributed by atoms with Gasteiger partial charge in [-0.2, -0.15) is 5.26 Å². The second-order valence-electron chi connectivity index (χ2n) is 5.01. The number of hydrogen-bond donors (Lipinski definition) is 1. The summed E-state index contributed by atoms with van der Waals surface area (Å²) in [5, 5.41) is 12.4. The van der Waals surface area contributed by atoms with Gasteiger partial charge in [-0.15, -0.1) is 0 Å². The summed E-state index contributed by atoms with van der Waals surface area (Å²) >= 11 is 0. The molecule has 0 fully saturated rings. The van der Waals surface area contributed by atoms with Gasteiger partial charge in [-0.1, -0.05) is 6.92 Å². The third kappa shape index (κ3) is 5.10. The molecule has 1 N–H and O–H groups in total. The number of nitriles is 1. The summed E-state index contributed by atoms with van der Waals surface area (Å²) in [6, 6.07) is 9.86. The minimum Gasteiger partial charge on any atom is -0.494 e. The van der Waals surface area contributed by atoms with Crippen molar-refractivity contribution in [2.75, 3.05) is 13.2 Å². The van der Waals surface area contributed by atoms with Gasteiger partial charge >= 0.3 is 0 Å². The number of ether oxygens (including phenoxy) is 2. The van der Waals surface area contributed by atoms with Gasteiger partial charge in [0.2, 0.25) is 0 Å². The maximum atomic E-state index is 9.24. The summed E-state index contributed by atoms with van der Waals surface area (Å²) in [6.45, 7) is 9.24. The molecule has 4 nitrogen and oxygen atoms in total. The highest BCUT2D eigenvalue weighted by Crippen LogP contribution is 2.21. The molecule has 0 bridgehead atoms. The Morgan fingerprint density at radius 2 is 1.85 bits per heavy atom. The monoisotopic (exact) mass is 276 g/mol. The molecule has 0 aliphatic rings. The van der Waals surface area contributed by atoms with E-state index in [1.165, 1.54) is 0 Å². The van der Waals surface area contributed by atoms with E-state index < -0.39 is 5.54 Å². The average Bonchev–Trinajstić information content (AvgIpc) is 2.41. The van der Waals surface area contributed by atoms with Gasteiger partial charge in [0.25, 0.3) is 0 Å². The molecular weight excluding hydrogens is 252 g/mol. The van der Waals surface area contributed by atoms with Crippen molar-refractivity contribution >= 4 is 0 Å². The van der Waals surface area contributed by atoms with Crippen LogP contribution in [0.3, 0.4) is 0 Å². The third-order valence-electron chi connectivity index (χ3n) is 2.98. The van der Waals surface area contributed by atoms with Gasteiger partial charge in [0, 0.05) is 6.42 Å². The van der Waals surface area contributed by atoms with E-state index in [0.717, 1.165) is 18.0 Å². The Labute approximate surface area is 121 Å². The predicted octanol–water partition coefficient (Wildman–Crippen LogP) is 3.13. The van der Waals surface area contributed by atoms with Crippen LogP contribution in [-0.4, -0.2) is 24.8 Å². The summed E-state index contributed by atoms with van der Waals surface area (Å²) in [5.41, 5.74) is -0.556. The maximum Gasteiger partial charge on any atom is 0.119 e. The second-order valence-corrected chi connectivity index (χ2v) is 5.01. The third-order valence-corrected chi connectivity index (χ3v) is 2.98. The molecule has 110 valence electrons. The van der Waals surface area contributed by atoms with Crippen molar-refractivity contribution in [3.8, 4) is 17.6 Å². The normalized spacial score (nSPS) is 14.9. The molecule has 20 heavy (non-hydrogen) atoms. The molecule has 0 aromatic heterocycles. The van der Waals surface area contributed by atoms with Crippen LogP contribution in [0.5, 0.6) is 11.5 Å². The van der Waals surface area contributed by atoms with Crippen LogP contribution in [0, 0.1) is 11.3 Å². The minimum atomic E-state index is -0.556. The molecule has 0 aliphatic carbocycles. The molecule has 4 heteroatoms. The Morgan fingerprint density at radius 1 is 1.25 bits per heavy atom. The van der Waals surface area contributed by atoms with Crippen molar-refractivity contribution in [1.82, 2.24) is 5.32 Å². The van der Waals surface area contributed by atoms with E-state index in [9.17, 15) is 5.26 Å². The van der Waals surface area contributed by atoms with Crippen LogP contribution in [0.2, 0.25) is 0 Å². The van der Waals surface area contributed by atoms with Crippen molar-refractivity contribution in [1.29, 1.82) is 5.26 Å². The highest BCUT2D eigenvalue weighted by atomic mass is 16.5. The molecule has 0 radical (unpaired) electrons. The first-order chi connectivity index (χ1) is 9.53. The molecule has 0 aliphatic heterocycles. The smallest absolute Gasteiger partial charge is 0.119 e. The fourth-order valence-electron chi connectivity index (χ4n) is 2.18. The van der Waals surface area contributed by atoms with E-state index >= 15 is 0 Å². The highest BCUT2D eigenvalue weighted by molar-refractivity contribution is 5.31. The van der Waals surface area contributed by atoms with Gasteiger partial charge < -0.3 is 9.47 Å². The van der Waals surface area contributed by atoms with Crippen molar-refractivity contribution in [3.05, 3.63) is 24.3 Å². The van der Waals surface area contributed by atoms with E-state index in [4.69, 9.17) is 9.47 Å². The van der Waals surface area contributed by atoms with E-state index in [1.807, 2.05) is 52.0 Å². The fourth-order valence-corrected chi connectivity index (χ4v) is 2.18. The first-order valence-electron chi connectivity index (χ1n) is 7.08. The Morgan fingerprint density at radius 3 is 2.35 bits per heavy atom. The molecular formula is C16H24N2O2. The highest BCUT2D eigenvalue weighted by Gasteiger charge is 2.26. The summed E-state index contributed by atoms with van der Waals surface area (Å²) in [4.78, 5) is 0. The summed E-state index contributed by atoms with van der Waals surface area (Å²) in [5.74, 6) is 1.62. The van der Waals surface area contributed by atoms with Crippen LogP contribution in [0.4, 0.5) is 0 Å². The number of rotatable bonds is 8. The van der Waals surface area contributed by atoms with Crippen LogP contribution >= 0.6 is 0 Å². The lowest BCUT2D eigenvalue weighted by Crippen LogP contribution is -2.44. The van der Waals surface area contributed by atoms with E-state index in [1.54, 1.807) is 0 Å². The molecule has 0 saturated heterocycles. The molecule has 0 saturated carbocycles. The van der Waals surface area contributed by atoms with Crippen molar-refractivity contribution in [2.45, 2.75) is 45.8 Å². The molecule has 2 unspecified atom stereocenters. The lowest BCUT2D eigenvalue weighted by molar-refractivity contribution is 0.180. The molecule has 1 aromatic rings. The van der Waals surface area contributed by atoms with Crippen LogP contribution in [0.25, 0.3) is 0 Å². The first-order valence-corrected chi connectivity index (χ1v) is 7.08. The quantitative estimate of drug-likeness (QED) is 0.792. The van der Waals surface area contributed by atoms with Crippen molar-refractivity contribution in [3.63, 3.8) is 0 Å². The second kappa shape index (κ2) is 7.76. The number of hydrogen-bond acceptors (Lipinski definition) is 4. The van der Waals surface area contributed by atoms with Crippen LogP contribution in [-0.2, 0) is 0 Å². The van der Waals surface area contributed by atoms with Crippen LogP contribution in [0.15, 0.2) is 24.3 Å². The summed E-state index contributed by atoms with van der Waals surface area (Å²) in [7, 11) is 0. The first kappa shape index (κ1) is 16.3. The van der Waals surface area contributed by atoms with Crippen LogP contribution in [0.1, 0.15) is 34.1 Å². The van der Waals surface area contributed by atoms with E-state index in [2.05, 4.69) is 11.4 Å². The Bertz CT molecular complexity index is 439. The number of benzene rings is 1. The zero-order valence-electron chi connectivity index (χ0n) is 12.8. The molecule has 0 spiro atoms. The van der Waals surface area contributed by atoms with Crippen LogP contribution < -0.4 is 14.8 Å². The zero-order valence-corrected chi connectivity index (χ0v) is 12.8. The molecule has 2 atom stereocenters. The Balaban J connectivity index is 2.57. The SMILES string of the molecule is CCNC(C)(C#N)CC(C)Oc1ccc(OCC)cc1.